The van der Waals surface area contributed by atoms with Crippen LogP contribution in [-0.2, 0) is 11.2 Å². The van der Waals surface area contributed by atoms with Crippen molar-refractivity contribution in [3.8, 4) is 10.7 Å². The largest absolute Gasteiger partial charge is 0.340 e. The molecule has 2 aromatic heterocycles. The van der Waals surface area contributed by atoms with E-state index in [0.29, 0.717) is 18.3 Å². The van der Waals surface area contributed by atoms with Gasteiger partial charge < -0.3 is 19.2 Å². The summed E-state index contributed by atoms with van der Waals surface area (Å²) in [6, 6.07) is 4.11. The van der Waals surface area contributed by atoms with Crippen molar-refractivity contribution in [2.45, 2.75) is 38.5 Å². The minimum atomic E-state index is -0.0538. The Kier molecular flexibility index (Phi) is 7.44. The summed E-state index contributed by atoms with van der Waals surface area (Å²) in [6.07, 6.45) is 5.71. The Balaban J connectivity index is 1.03. The summed E-state index contributed by atoms with van der Waals surface area (Å²) in [5, 5.41) is 6.08. The predicted octanol–water partition coefficient (Wildman–Crippen LogP) is 2.80. The van der Waals surface area contributed by atoms with E-state index in [1.54, 1.807) is 11.3 Å². The van der Waals surface area contributed by atoms with Crippen LogP contribution in [0, 0.1) is 5.92 Å². The van der Waals surface area contributed by atoms with Crippen LogP contribution in [0.2, 0.25) is 0 Å². The van der Waals surface area contributed by atoms with Crippen molar-refractivity contribution in [2.24, 2.45) is 5.92 Å². The molecule has 0 aromatic carbocycles. The normalized spacial score (nSPS) is 21.9. The molecule has 2 aromatic rings. The summed E-state index contributed by atoms with van der Waals surface area (Å²) in [6.45, 7) is 7.33. The summed E-state index contributed by atoms with van der Waals surface area (Å²) in [5.74, 6) is 1.52. The number of nitrogens with zero attached hydrogens (tertiary/aromatic N) is 6. The number of aromatic nitrogens is 2. The average molecular weight is 487 g/mol. The Labute approximate surface area is 204 Å². The Bertz CT molecular complexity index is 950. The summed E-state index contributed by atoms with van der Waals surface area (Å²) < 4.78 is 5.39. The first-order valence-electron chi connectivity index (χ1n) is 12.6. The monoisotopic (exact) mass is 486 g/mol. The molecule has 3 fully saturated rings. The van der Waals surface area contributed by atoms with E-state index in [0.717, 1.165) is 95.8 Å². The van der Waals surface area contributed by atoms with Gasteiger partial charge in [0.25, 0.3) is 0 Å². The van der Waals surface area contributed by atoms with Gasteiger partial charge in [-0.3, -0.25) is 9.69 Å². The molecule has 3 aliphatic heterocycles. The van der Waals surface area contributed by atoms with Crippen LogP contribution < -0.4 is 0 Å². The van der Waals surface area contributed by atoms with E-state index in [9.17, 15) is 9.59 Å². The summed E-state index contributed by atoms with van der Waals surface area (Å²) in [7, 11) is 0. The topological polar surface area (TPSA) is 86.0 Å². The van der Waals surface area contributed by atoms with Crippen molar-refractivity contribution in [2.75, 3.05) is 58.9 Å². The fourth-order valence-electron chi connectivity index (χ4n) is 5.23. The second kappa shape index (κ2) is 10.9. The van der Waals surface area contributed by atoms with Gasteiger partial charge in [-0.05, 0) is 50.1 Å². The maximum Gasteiger partial charge on any atom is 0.320 e. The molecule has 34 heavy (non-hydrogen) atoms. The van der Waals surface area contributed by atoms with Gasteiger partial charge in [-0.2, -0.15) is 4.98 Å². The van der Waals surface area contributed by atoms with E-state index in [4.69, 9.17) is 4.52 Å². The molecule has 3 saturated heterocycles. The molecular weight excluding hydrogens is 452 g/mol. The summed E-state index contributed by atoms with van der Waals surface area (Å²) >= 11 is 1.61. The zero-order valence-corrected chi connectivity index (χ0v) is 20.5. The molecule has 0 radical (unpaired) electrons. The zero-order valence-electron chi connectivity index (χ0n) is 19.7. The van der Waals surface area contributed by atoms with Gasteiger partial charge in [0, 0.05) is 58.8 Å². The molecule has 0 bridgehead atoms. The number of piperazine rings is 1. The second-order valence-electron chi connectivity index (χ2n) is 9.52. The van der Waals surface area contributed by atoms with Crippen LogP contribution in [0.15, 0.2) is 22.0 Å². The Hall–Kier alpha value is -2.46. The standard InChI is InChI=1S/C24H34N6O3S/c31-23(19-6-3-12-30(18-19)24(32)29-10-1-2-11-29)28-15-13-27(14-16-28)9-4-8-21-25-22(26-33-21)20-7-5-17-34-20/h5,7,17,19H,1-4,6,8-16,18H2. The first-order chi connectivity index (χ1) is 16.7. The molecule has 0 aliphatic carbocycles. The molecule has 1 atom stereocenters. The fraction of sp³-hybridized carbons (Fsp3) is 0.667. The van der Waals surface area contributed by atoms with Crippen LogP contribution >= 0.6 is 11.3 Å². The number of likely N-dealkylation sites (tertiary alicyclic amines) is 2. The lowest BCUT2D eigenvalue weighted by atomic mass is 9.96. The van der Waals surface area contributed by atoms with Gasteiger partial charge in [-0.1, -0.05) is 11.2 Å². The molecule has 184 valence electrons. The Morgan fingerprint density at radius 1 is 1.00 bits per heavy atom. The van der Waals surface area contributed by atoms with Crippen LogP contribution in [0.25, 0.3) is 10.7 Å². The van der Waals surface area contributed by atoms with Crippen molar-refractivity contribution in [3.63, 3.8) is 0 Å². The molecule has 1 unspecified atom stereocenters. The summed E-state index contributed by atoms with van der Waals surface area (Å²) in [4.78, 5) is 39.7. The van der Waals surface area contributed by atoms with Crippen LogP contribution in [0.5, 0.6) is 0 Å². The van der Waals surface area contributed by atoms with Gasteiger partial charge in [0.2, 0.25) is 17.6 Å². The Morgan fingerprint density at radius 2 is 1.79 bits per heavy atom. The van der Waals surface area contributed by atoms with Gasteiger partial charge >= 0.3 is 6.03 Å². The van der Waals surface area contributed by atoms with Crippen LogP contribution in [0.4, 0.5) is 4.79 Å². The number of hydrogen-bond donors (Lipinski definition) is 0. The predicted molar refractivity (Wildman–Crippen MR) is 129 cm³/mol. The number of aryl methyl sites for hydroxylation is 1. The molecule has 0 spiro atoms. The quantitative estimate of drug-likeness (QED) is 0.624. The zero-order chi connectivity index (χ0) is 23.3. The number of amides is 3. The molecule has 9 nitrogen and oxygen atoms in total. The number of carbonyl (C=O) groups excluding carboxylic acids is 2. The van der Waals surface area contributed by atoms with Crippen molar-refractivity contribution in [1.82, 2.24) is 29.7 Å². The van der Waals surface area contributed by atoms with E-state index >= 15 is 0 Å². The lowest BCUT2D eigenvalue weighted by molar-refractivity contribution is -0.138. The van der Waals surface area contributed by atoms with Gasteiger partial charge in [0.05, 0.1) is 10.8 Å². The maximum absolute atomic E-state index is 13.2. The first-order valence-corrected chi connectivity index (χ1v) is 13.5. The lowest BCUT2D eigenvalue weighted by Gasteiger charge is -2.39. The van der Waals surface area contributed by atoms with E-state index in [-0.39, 0.29) is 17.9 Å². The van der Waals surface area contributed by atoms with Crippen LogP contribution in [-0.4, -0.2) is 101 Å². The molecule has 5 heterocycles. The van der Waals surface area contributed by atoms with E-state index in [2.05, 4.69) is 15.0 Å². The van der Waals surface area contributed by atoms with E-state index in [1.807, 2.05) is 32.2 Å². The van der Waals surface area contributed by atoms with Crippen LogP contribution in [0.3, 0.4) is 0 Å². The van der Waals surface area contributed by atoms with Crippen molar-refractivity contribution >= 4 is 23.3 Å². The minimum Gasteiger partial charge on any atom is -0.340 e. The first kappa shape index (κ1) is 23.3. The molecular formula is C24H34N6O3S. The maximum atomic E-state index is 13.2. The Morgan fingerprint density at radius 3 is 2.56 bits per heavy atom. The highest BCUT2D eigenvalue weighted by Gasteiger charge is 2.34. The highest BCUT2D eigenvalue weighted by Crippen LogP contribution is 2.23. The van der Waals surface area contributed by atoms with Crippen molar-refractivity contribution in [3.05, 3.63) is 23.4 Å². The van der Waals surface area contributed by atoms with Gasteiger partial charge in [0.1, 0.15) is 0 Å². The number of carbonyl (C=O) groups is 2. The lowest BCUT2D eigenvalue weighted by Crippen LogP contribution is -2.54. The average Bonchev–Trinajstić information content (AvgIpc) is 3.66. The molecule has 3 amide bonds. The third kappa shape index (κ3) is 5.43. The van der Waals surface area contributed by atoms with Crippen molar-refractivity contribution in [1.29, 1.82) is 0 Å². The third-order valence-corrected chi connectivity index (χ3v) is 8.04. The number of urea groups is 1. The number of rotatable bonds is 6. The molecule has 5 rings (SSSR count). The molecule has 3 aliphatic rings. The second-order valence-corrected chi connectivity index (χ2v) is 10.5. The molecule has 0 saturated carbocycles. The van der Waals surface area contributed by atoms with E-state index < -0.39 is 0 Å². The highest BCUT2D eigenvalue weighted by molar-refractivity contribution is 7.13. The minimum absolute atomic E-state index is 0.0538. The number of thiophene rings is 1. The SMILES string of the molecule is O=C(C1CCCN(C(=O)N2CCCC2)C1)N1CCN(CCCc2nc(-c3cccs3)no2)CC1. The molecule has 0 N–H and O–H groups in total. The number of hydrogen-bond acceptors (Lipinski definition) is 7. The summed E-state index contributed by atoms with van der Waals surface area (Å²) in [5.41, 5.74) is 0. The van der Waals surface area contributed by atoms with Crippen molar-refractivity contribution < 1.29 is 14.1 Å². The van der Waals surface area contributed by atoms with Crippen LogP contribution in [0.1, 0.15) is 38.0 Å². The third-order valence-electron chi connectivity index (χ3n) is 7.18. The fourth-order valence-corrected chi connectivity index (χ4v) is 5.88. The smallest absolute Gasteiger partial charge is 0.320 e. The van der Waals surface area contributed by atoms with Gasteiger partial charge in [-0.15, -0.1) is 11.3 Å². The van der Waals surface area contributed by atoms with Gasteiger partial charge in [0.15, 0.2) is 0 Å². The van der Waals surface area contributed by atoms with Gasteiger partial charge in [-0.25, -0.2) is 4.79 Å². The highest BCUT2D eigenvalue weighted by atomic mass is 32.1. The number of piperidine rings is 1. The van der Waals surface area contributed by atoms with E-state index in [1.165, 1.54) is 0 Å². The molecule has 10 heteroatoms.